The van der Waals surface area contributed by atoms with Crippen molar-refractivity contribution in [2.24, 2.45) is 0 Å². The zero-order valence-corrected chi connectivity index (χ0v) is 11.2. The summed E-state index contributed by atoms with van der Waals surface area (Å²) in [7, 11) is 0. The molecule has 2 aromatic rings. The van der Waals surface area contributed by atoms with E-state index < -0.39 is 5.97 Å². The number of anilines is 2. The molecule has 0 aromatic carbocycles. The molecular formula is C10H8BrN3O2S. The van der Waals surface area contributed by atoms with E-state index in [0.717, 1.165) is 9.47 Å². The fourth-order valence-corrected chi connectivity index (χ4v) is 2.54. The maximum atomic E-state index is 11.0. The van der Waals surface area contributed by atoms with Crippen LogP contribution < -0.4 is 5.32 Å². The predicted octanol–water partition coefficient (Wildman–Crippen LogP) is 3.05. The number of nitrogens with zero attached hydrogens (tertiary/aromatic N) is 2. The first-order valence-electron chi connectivity index (χ1n) is 4.64. The van der Waals surface area contributed by atoms with Gasteiger partial charge in [0.25, 0.3) is 0 Å². The molecule has 2 heterocycles. The van der Waals surface area contributed by atoms with Crippen LogP contribution in [-0.4, -0.2) is 21.0 Å². The second-order valence-electron chi connectivity index (χ2n) is 3.24. The number of carboxylic acids is 1. The van der Waals surface area contributed by atoms with E-state index in [1.54, 1.807) is 6.92 Å². The van der Waals surface area contributed by atoms with Crippen molar-refractivity contribution in [1.82, 2.24) is 9.97 Å². The SMILES string of the molecule is Cc1ncc(C(=O)O)c(Nc2cc(Br)cs2)n1. The molecule has 5 nitrogen and oxygen atoms in total. The number of aromatic carboxylic acids is 1. The van der Waals surface area contributed by atoms with Gasteiger partial charge in [-0.3, -0.25) is 0 Å². The number of nitrogens with one attached hydrogen (secondary N) is 1. The Kier molecular flexibility index (Phi) is 3.39. The maximum Gasteiger partial charge on any atom is 0.341 e. The number of hydrogen-bond donors (Lipinski definition) is 2. The topological polar surface area (TPSA) is 75.1 Å². The lowest BCUT2D eigenvalue weighted by Crippen LogP contribution is -2.06. The molecule has 0 aliphatic rings. The largest absolute Gasteiger partial charge is 0.477 e. The molecule has 0 spiro atoms. The summed E-state index contributed by atoms with van der Waals surface area (Å²) in [6, 6.07) is 1.85. The third-order valence-corrected chi connectivity index (χ3v) is 3.56. The van der Waals surface area contributed by atoms with Crippen LogP contribution in [0.15, 0.2) is 22.1 Å². The van der Waals surface area contributed by atoms with E-state index in [9.17, 15) is 4.79 Å². The van der Waals surface area contributed by atoms with Gasteiger partial charge in [-0.15, -0.1) is 11.3 Å². The lowest BCUT2D eigenvalue weighted by molar-refractivity contribution is 0.0697. The molecule has 2 rings (SSSR count). The first kappa shape index (κ1) is 12.0. The van der Waals surface area contributed by atoms with E-state index in [0.29, 0.717) is 11.6 Å². The quantitative estimate of drug-likeness (QED) is 0.911. The molecule has 88 valence electrons. The van der Waals surface area contributed by atoms with Gasteiger partial charge in [0.15, 0.2) is 0 Å². The molecule has 0 radical (unpaired) electrons. The minimum Gasteiger partial charge on any atom is -0.477 e. The van der Waals surface area contributed by atoms with Gasteiger partial charge >= 0.3 is 5.97 Å². The van der Waals surface area contributed by atoms with Crippen molar-refractivity contribution in [2.75, 3.05) is 5.32 Å². The summed E-state index contributed by atoms with van der Waals surface area (Å²) < 4.78 is 0.938. The molecule has 2 aromatic heterocycles. The highest BCUT2D eigenvalue weighted by atomic mass is 79.9. The number of carbonyl (C=O) groups is 1. The number of hydrogen-bond acceptors (Lipinski definition) is 5. The van der Waals surface area contributed by atoms with Gasteiger partial charge in [-0.1, -0.05) is 0 Å². The van der Waals surface area contributed by atoms with Gasteiger partial charge in [-0.05, 0) is 28.9 Å². The lowest BCUT2D eigenvalue weighted by atomic mass is 10.3. The zero-order valence-electron chi connectivity index (χ0n) is 8.77. The molecule has 0 amide bonds. The van der Waals surface area contributed by atoms with Crippen molar-refractivity contribution in [3.63, 3.8) is 0 Å². The summed E-state index contributed by atoms with van der Waals surface area (Å²) >= 11 is 4.79. The van der Waals surface area contributed by atoms with E-state index in [1.165, 1.54) is 17.5 Å². The lowest BCUT2D eigenvalue weighted by Gasteiger charge is -2.06. The predicted molar refractivity (Wildman–Crippen MR) is 69.0 cm³/mol. The molecular weight excluding hydrogens is 306 g/mol. The smallest absolute Gasteiger partial charge is 0.341 e. The van der Waals surface area contributed by atoms with Gasteiger partial charge in [0.2, 0.25) is 0 Å². The van der Waals surface area contributed by atoms with Crippen molar-refractivity contribution >= 4 is 44.1 Å². The van der Waals surface area contributed by atoms with E-state index >= 15 is 0 Å². The summed E-state index contributed by atoms with van der Waals surface area (Å²) in [5.41, 5.74) is 0.0557. The summed E-state index contributed by atoms with van der Waals surface area (Å²) in [6.45, 7) is 1.71. The molecule has 0 aliphatic carbocycles. The number of carboxylic acid groups (broad SMARTS) is 1. The molecule has 17 heavy (non-hydrogen) atoms. The highest BCUT2D eigenvalue weighted by Gasteiger charge is 2.13. The monoisotopic (exact) mass is 313 g/mol. The fraction of sp³-hybridized carbons (Fsp3) is 0.100. The Labute approximate surface area is 110 Å². The Morgan fingerprint density at radius 2 is 2.35 bits per heavy atom. The average Bonchev–Trinajstić information content (AvgIpc) is 2.63. The summed E-state index contributed by atoms with van der Waals surface area (Å²) in [5.74, 6) is -0.226. The van der Waals surface area contributed by atoms with Crippen LogP contribution in [0.1, 0.15) is 16.2 Å². The first-order chi connectivity index (χ1) is 8.06. The number of aromatic nitrogens is 2. The highest BCUT2D eigenvalue weighted by Crippen LogP contribution is 2.28. The Balaban J connectivity index is 2.37. The van der Waals surface area contributed by atoms with Crippen LogP contribution in [0, 0.1) is 6.92 Å². The Bertz CT molecular complexity index is 570. The summed E-state index contributed by atoms with van der Waals surface area (Å²) in [4.78, 5) is 19.0. The van der Waals surface area contributed by atoms with E-state index in [-0.39, 0.29) is 5.56 Å². The Hall–Kier alpha value is -1.47. The highest BCUT2D eigenvalue weighted by molar-refractivity contribution is 9.10. The van der Waals surface area contributed by atoms with Crippen molar-refractivity contribution in [2.45, 2.75) is 6.92 Å². The van der Waals surface area contributed by atoms with Crippen molar-refractivity contribution in [3.8, 4) is 0 Å². The third kappa shape index (κ3) is 2.80. The molecule has 0 unspecified atom stereocenters. The zero-order chi connectivity index (χ0) is 12.4. The molecule has 0 aliphatic heterocycles. The van der Waals surface area contributed by atoms with Crippen LogP contribution >= 0.6 is 27.3 Å². The number of aryl methyl sites for hydroxylation is 1. The summed E-state index contributed by atoms with van der Waals surface area (Å²) in [5, 5.41) is 14.7. The second-order valence-corrected chi connectivity index (χ2v) is 5.07. The van der Waals surface area contributed by atoms with Gasteiger partial charge in [-0.2, -0.15) is 0 Å². The van der Waals surface area contributed by atoms with Crippen LogP contribution in [-0.2, 0) is 0 Å². The van der Waals surface area contributed by atoms with E-state index in [2.05, 4.69) is 31.2 Å². The maximum absolute atomic E-state index is 11.0. The number of rotatable bonds is 3. The molecule has 0 atom stereocenters. The van der Waals surface area contributed by atoms with Gasteiger partial charge in [0, 0.05) is 16.0 Å². The van der Waals surface area contributed by atoms with E-state index in [1.807, 2.05) is 11.4 Å². The Morgan fingerprint density at radius 3 is 2.94 bits per heavy atom. The first-order valence-corrected chi connectivity index (χ1v) is 6.31. The average molecular weight is 314 g/mol. The molecule has 7 heteroatoms. The molecule has 0 saturated heterocycles. The van der Waals surface area contributed by atoms with Gasteiger partial charge in [-0.25, -0.2) is 14.8 Å². The van der Waals surface area contributed by atoms with Gasteiger partial charge in [0.05, 0.1) is 5.00 Å². The van der Waals surface area contributed by atoms with Crippen LogP contribution in [0.25, 0.3) is 0 Å². The normalized spacial score (nSPS) is 10.2. The number of thiophene rings is 1. The molecule has 2 N–H and O–H groups in total. The van der Waals surface area contributed by atoms with Gasteiger partial charge < -0.3 is 10.4 Å². The van der Waals surface area contributed by atoms with Gasteiger partial charge in [0.1, 0.15) is 17.2 Å². The van der Waals surface area contributed by atoms with E-state index in [4.69, 9.17) is 5.11 Å². The van der Waals surface area contributed by atoms with Crippen LogP contribution in [0.4, 0.5) is 10.8 Å². The Morgan fingerprint density at radius 1 is 1.59 bits per heavy atom. The fourth-order valence-electron chi connectivity index (χ4n) is 1.22. The third-order valence-electron chi connectivity index (χ3n) is 1.95. The van der Waals surface area contributed by atoms with Crippen molar-refractivity contribution in [3.05, 3.63) is 33.5 Å². The molecule has 0 bridgehead atoms. The van der Waals surface area contributed by atoms with Crippen LogP contribution in [0.5, 0.6) is 0 Å². The van der Waals surface area contributed by atoms with Crippen molar-refractivity contribution in [1.29, 1.82) is 0 Å². The molecule has 0 saturated carbocycles. The van der Waals surface area contributed by atoms with Crippen LogP contribution in [0.3, 0.4) is 0 Å². The summed E-state index contributed by atoms with van der Waals surface area (Å²) in [6.07, 6.45) is 1.30. The standard InChI is InChI=1S/C10H8BrN3O2S/c1-5-12-3-7(10(15)16)9(13-5)14-8-2-6(11)4-17-8/h2-4H,1H3,(H,15,16)(H,12,13,14). The second kappa shape index (κ2) is 4.80. The molecule has 0 fully saturated rings. The number of halogens is 1. The minimum absolute atomic E-state index is 0.0557. The van der Waals surface area contributed by atoms with Crippen LogP contribution in [0.2, 0.25) is 0 Å². The van der Waals surface area contributed by atoms with Crippen molar-refractivity contribution < 1.29 is 9.90 Å². The minimum atomic E-state index is -1.05.